The number of nitrogens with zero attached hydrogens (tertiary/aromatic N) is 2. The van der Waals surface area contributed by atoms with Gasteiger partial charge in [-0.05, 0) is 30.7 Å². The highest BCUT2D eigenvalue weighted by Crippen LogP contribution is 2.29. The van der Waals surface area contributed by atoms with Crippen LogP contribution in [-0.4, -0.2) is 42.8 Å². The van der Waals surface area contributed by atoms with E-state index in [2.05, 4.69) is 15.0 Å². The molecule has 0 saturated carbocycles. The number of halogens is 1. The second-order valence-electron chi connectivity index (χ2n) is 6.81. The maximum absolute atomic E-state index is 14.0. The van der Waals surface area contributed by atoms with Crippen molar-refractivity contribution in [3.63, 3.8) is 0 Å². The first-order valence-electron chi connectivity index (χ1n) is 9.66. The number of fused-ring (bicyclic) bond motifs is 1. The van der Waals surface area contributed by atoms with E-state index in [1.807, 2.05) is 0 Å². The largest absolute Gasteiger partial charge is 0.493 e. The minimum atomic E-state index is -0.676. The lowest BCUT2D eigenvalue weighted by molar-refractivity contribution is -0.116. The lowest BCUT2D eigenvalue weighted by atomic mass is 10.2. The van der Waals surface area contributed by atoms with E-state index in [0.717, 1.165) is 6.07 Å². The Hall–Kier alpha value is -3.95. The third-order valence-electron chi connectivity index (χ3n) is 4.79. The minimum Gasteiger partial charge on any atom is -0.493 e. The van der Waals surface area contributed by atoms with Crippen LogP contribution in [0.15, 0.2) is 41.5 Å². The van der Waals surface area contributed by atoms with Gasteiger partial charge in [0.25, 0.3) is 5.56 Å². The average Bonchev–Trinajstić information content (AvgIpc) is 2.80. The Balaban J connectivity index is 1.67. The van der Waals surface area contributed by atoms with Gasteiger partial charge in [-0.2, -0.15) is 0 Å². The zero-order valence-corrected chi connectivity index (χ0v) is 17.8. The molecule has 0 unspecified atom stereocenters. The molecule has 0 saturated heterocycles. The molecular formula is C22H22FN3O6. The van der Waals surface area contributed by atoms with E-state index in [9.17, 15) is 18.8 Å². The lowest BCUT2D eigenvalue weighted by Crippen LogP contribution is -2.22. The molecule has 168 valence electrons. The number of nitrogens with one attached hydrogen (secondary N) is 1. The van der Waals surface area contributed by atoms with Crippen LogP contribution in [0.3, 0.4) is 0 Å². The van der Waals surface area contributed by atoms with Crippen molar-refractivity contribution in [2.24, 2.45) is 0 Å². The smallest absolute Gasteiger partial charge is 0.337 e. The summed E-state index contributed by atoms with van der Waals surface area (Å²) in [6.45, 7) is 0.230. The van der Waals surface area contributed by atoms with E-state index in [-0.39, 0.29) is 29.8 Å². The topological polar surface area (TPSA) is 109 Å². The van der Waals surface area contributed by atoms with Gasteiger partial charge in [0.15, 0.2) is 11.5 Å². The highest BCUT2D eigenvalue weighted by molar-refractivity contribution is 5.94. The Morgan fingerprint density at radius 2 is 1.81 bits per heavy atom. The molecule has 32 heavy (non-hydrogen) atoms. The molecule has 1 N–H and O–H groups in total. The van der Waals surface area contributed by atoms with Crippen molar-refractivity contribution < 1.29 is 28.2 Å². The fraction of sp³-hybridized carbons (Fsp3) is 0.273. The van der Waals surface area contributed by atoms with Crippen molar-refractivity contribution in [2.45, 2.75) is 19.4 Å². The van der Waals surface area contributed by atoms with Crippen LogP contribution in [0.5, 0.6) is 11.5 Å². The molecule has 0 aliphatic heterocycles. The number of carbonyl (C=O) groups is 2. The predicted octanol–water partition coefficient (Wildman–Crippen LogP) is 2.76. The Bertz CT molecular complexity index is 1220. The summed E-state index contributed by atoms with van der Waals surface area (Å²) in [5.41, 5.74) is 0.171. The number of benzene rings is 2. The van der Waals surface area contributed by atoms with E-state index in [1.165, 1.54) is 44.4 Å². The first-order chi connectivity index (χ1) is 15.4. The number of anilines is 1. The van der Waals surface area contributed by atoms with E-state index >= 15 is 0 Å². The van der Waals surface area contributed by atoms with Gasteiger partial charge in [0.1, 0.15) is 5.82 Å². The summed E-state index contributed by atoms with van der Waals surface area (Å²) in [6.07, 6.45) is 1.73. The number of esters is 1. The summed E-state index contributed by atoms with van der Waals surface area (Å²) in [5, 5.41) is 2.79. The number of aryl methyl sites for hydroxylation is 1. The molecule has 10 heteroatoms. The molecule has 1 aromatic heterocycles. The van der Waals surface area contributed by atoms with Crippen LogP contribution in [0.4, 0.5) is 10.1 Å². The van der Waals surface area contributed by atoms with Crippen molar-refractivity contribution in [3.8, 4) is 11.5 Å². The molecule has 0 aliphatic carbocycles. The molecule has 0 radical (unpaired) electrons. The van der Waals surface area contributed by atoms with E-state index in [0.29, 0.717) is 28.8 Å². The normalized spacial score (nSPS) is 10.6. The van der Waals surface area contributed by atoms with Crippen LogP contribution in [0, 0.1) is 5.82 Å². The third-order valence-corrected chi connectivity index (χ3v) is 4.79. The van der Waals surface area contributed by atoms with Gasteiger partial charge in [0.05, 0.1) is 49.8 Å². The number of rotatable bonds is 8. The van der Waals surface area contributed by atoms with Crippen LogP contribution in [-0.2, 0) is 16.1 Å². The number of amides is 1. The van der Waals surface area contributed by atoms with E-state index < -0.39 is 17.7 Å². The summed E-state index contributed by atoms with van der Waals surface area (Å²) in [4.78, 5) is 40.9. The molecule has 9 nitrogen and oxygen atoms in total. The average molecular weight is 443 g/mol. The second kappa shape index (κ2) is 9.90. The molecule has 0 bridgehead atoms. The maximum Gasteiger partial charge on any atom is 0.337 e. The molecule has 2 aromatic carbocycles. The summed E-state index contributed by atoms with van der Waals surface area (Å²) in [5.74, 6) is -0.903. The van der Waals surface area contributed by atoms with Gasteiger partial charge in [-0.25, -0.2) is 14.2 Å². The fourth-order valence-electron chi connectivity index (χ4n) is 3.13. The molecule has 0 fully saturated rings. The molecule has 1 amide bonds. The highest BCUT2D eigenvalue weighted by Gasteiger charge is 2.14. The van der Waals surface area contributed by atoms with Crippen molar-refractivity contribution >= 4 is 28.5 Å². The zero-order valence-electron chi connectivity index (χ0n) is 17.8. The standard InChI is InChI=1S/C22H22FN3O6/c1-30-18-10-14-16(11-19(18)31-2)24-12-26(21(14)28)8-4-5-20(27)25-17-9-13(22(29)32-3)6-7-15(17)23/h6-7,9-12H,4-5,8H2,1-3H3,(H,25,27). The Kier molecular flexibility index (Phi) is 7.04. The maximum atomic E-state index is 14.0. The first kappa shape index (κ1) is 22.7. The summed E-state index contributed by atoms with van der Waals surface area (Å²) in [7, 11) is 4.18. The summed E-state index contributed by atoms with van der Waals surface area (Å²) in [6, 6.07) is 6.72. The minimum absolute atomic E-state index is 0.0261. The highest BCUT2D eigenvalue weighted by atomic mass is 19.1. The first-order valence-corrected chi connectivity index (χ1v) is 9.66. The fourth-order valence-corrected chi connectivity index (χ4v) is 3.13. The van der Waals surface area contributed by atoms with E-state index in [4.69, 9.17) is 9.47 Å². The molecule has 0 aliphatic rings. The monoisotopic (exact) mass is 443 g/mol. The summed E-state index contributed by atoms with van der Waals surface area (Å²) < 4.78 is 30.4. The van der Waals surface area contributed by atoms with Gasteiger partial charge in [0.2, 0.25) is 5.91 Å². The van der Waals surface area contributed by atoms with Crippen molar-refractivity contribution in [1.82, 2.24) is 9.55 Å². The Morgan fingerprint density at radius 3 is 2.50 bits per heavy atom. The molecule has 3 aromatic rings. The third kappa shape index (κ3) is 4.85. The zero-order chi connectivity index (χ0) is 23.3. The molecule has 3 rings (SSSR count). The van der Waals surface area contributed by atoms with E-state index in [1.54, 1.807) is 12.1 Å². The Labute approximate surface area is 182 Å². The van der Waals surface area contributed by atoms with Gasteiger partial charge >= 0.3 is 5.97 Å². The number of aromatic nitrogens is 2. The van der Waals surface area contributed by atoms with Gasteiger partial charge in [-0.15, -0.1) is 0 Å². The number of methoxy groups -OCH3 is 3. The van der Waals surface area contributed by atoms with Gasteiger partial charge in [0, 0.05) is 19.0 Å². The number of carbonyl (C=O) groups excluding carboxylic acids is 2. The number of hydrogen-bond acceptors (Lipinski definition) is 7. The lowest BCUT2D eigenvalue weighted by Gasteiger charge is -2.11. The van der Waals surface area contributed by atoms with Crippen LogP contribution in [0.1, 0.15) is 23.2 Å². The van der Waals surface area contributed by atoms with Gasteiger partial charge in [-0.1, -0.05) is 0 Å². The van der Waals surface area contributed by atoms with Crippen LogP contribution in [0.2, 0.25) is 0 Å². The summed E-state index contributed by atoms with van der Waals surface area (Å²) >= 11 is 0. The quantitative estimate of drug-likeness (QED) is 0.533. The van der Waals surface area contributed by atoms with Crippen molar-refractivity contribution in [3.05, 3.63) is 58.4 Å². The van der Waals surface area contributed by atoms with Gasteiger partial charge < -0.3 is 19.5 Å². The predicted molar refractivity (Wildman–Crippen MR) is 115 cm³/mol. The van der Waals surface area contributed by atoms with Crippen LogP contribution >= 0.6 is 0 Å². The SMILES string of the molecule is COC(=O)c1ccc(F)c(NC(=O)CCCn2cnc3cc(OC)c(OC)cc3c2=O)c1. The molecule has 0 atom stereocenters. The molecule has 0 spiro atoms. The molecule has 1 heterocycles. The van der Waals surface area contributed by atoms with Crippen molar-refractivity contribution in [2.75, 3.05) is 26.6 Å². The van der Waals surface area contributed by atoms with Crippen LogP contribution < -0.4 is 20.3 Å². The number of ether oxygens (including phenoxy) is 3. The second-order valence-corrected chi connectivity index (χ2v) is 6.81. The van der Waals surface area contributed by atoms with Crippen molar-refractivity contribution in [1.29, 1.82) is 0 Å². The van der Waals surface area contributed by atoms with Crippen LogP contribution in [0.25, 0.3) is 10.9 Å². The number of hydrogen-bond donors (Lipinski definition) is 1. The Morgan fingerprint density at radius 1 is 1.09 bits per heavy atom. The van der Waals surface area contributed by atoms with Gasteiger partial charge in [-0.3, -0.25) is 14.2 Å². The molecular weight excluding hydrogens is 421 g/mol.